The van der Waals surface area contributed by atoms with E-state index in [1.807, 2.05) is 5.51 Å². The molecular formula is C15H27N3S. The standard InChI is InChI=1S/C15H27N3S/c1-3-9-18(11-14-6-4-5-8-16-14)10-7-15-13(2)17-12-19-15/h12,14,16H,3-11H2,1-2H3. The van der Waals surface area contributed by atoms with Crippen molar-refractivity contribution >= 4 is 11.3 Å². The van der Waals surface area contributed by atoms with Crippen molar-refractivity contribution in [2.45, 2.75) is 52.0 Å². The molecule has 0 radical (unpaired) electrons. The second kappa shape index (κ2) is 7.98. The van der Waals surface area contributed by atoms with E-state index in [1.54, 1.807) is 11.3 Å². The van der Waals surface area contributed by atoms with Crippen LogP contribution < -0.4 is 5.32 Å². The number of nitrogens with zero attached hydrogens (tertiary/aromatic N) is 2. The van der Waals surface area contributed by atoms with Crippen LogP contribution in [0.2, 0.25) is 0 Å². The van der Waals surface area contributed by atoms with Crippen LogP contribution in [-0.2, 0) is 6.42 Å². The van der Waals surface area contributed by atoms with Gasteiger partial charge in [-0.25, -0.2) is 4.98 Å². The maximum absolute atomic E-state index is 4.34. The van der Waals surface area contributed by atoms with Crippen LogP contribution in [0, 0.1) is 6.92 Å². The van der Waals surface area contributed by atoms with Crippen LogP contribution in [0.25, 0.3) is 0 Å². The molecule has 1 aromatic heterocycles. The SMILES string of the molecule is CCCN(CCc1scnc1C)CC1CCCCN1. The van der Waals surface area contributed by atoms with Crippen LogP contribution in [0.1, 0.15) is 43.2 Å². The van der Waals surface area contributed by atoms with Crippen LogP contribution in [0.15, 0.2) is 5.51 Å². The lowest BCUT2D eigenvalue weighted by atomic mass is 10.0. The first-order valence-electron chi connectivity index (χ1n) is 7.64. The smallest absolute Gasteiger partial charge is 0.0797 e. The number of piperidine rings is 1. The van der Waals surface area contributed by atoms with Gasteiger partial charge in [-0.1, -0.05) is 13.3 Å². The van der Waals surface area contributed by atoms with Crippen LogP contribution in [0.3, 0.4) is 0 Å². The average molecular weight is 281 g/mol. The minimum Gasteiger partial charge on any atom is -0.313 e. The molecule has 1 aliphatic rings. The van der Waals surface area contributed by atoms with Gasteiger partial charge in [0.2, 0.25) is 0 Å². The summed E-state index contributed by atoms with van der Waals surface area (Å²) < 4.78 is 0. The molecule has 4 heteroatoms. The molecule has 19 heavy (non-hydrogen) atoms. The third-order valence-corrected chi connectivity index (χ3v) is 4.93. The summed E-state index contributed by atoms with van der Waals surface area (Å²) in [6, 6.07) is 0.711. The highest BCUT2D eigenvalue weighted by molar-refractivity contribution is 7.09. The fourth-order valence-corrected chi connectivity index (χ4v) is 3.60. The number of thiazole rings is 1. The van der Waals surface area contributed by atoms with Crippen molar-refractivity contribution in [3.05, 3.63) is 16.1 Å². The summed E-state index contributed by atoms with van der Waals surface area (Å²) in [4.78, 5) is 8.43. The first kappa shape index (κ1) is 14.9. The number of aryl methyl sites for hydroxylation is 1. The molecule has 1 saturated heterocycles. The van der Waals surface area contributed by atoms with Gasteiger partial charge in [-0.15, -0.1) is 11.3 Å². The maximum atomic E-state index is 4.34. The van der Waals surface area contributed by atoms with E-state index >= 15 is 0 Å². The highest BCUT2D eigenvalue weighted by atomic mass is 32.1. The molecule has 1 N–H and O–H groups in total. The van der Waals surface area contributed by atoms with Gasteiger partial charge in [0.1, 0.15) is 0 Å². The highest BCUT2D eigenvalue weighted by Gasteiger charge is 2.16. The molecular weight excluding hydrogens is 254 g/mol. The summed E-state index contributed by atoms with van der Waals surface area (Å²) in [5.74, 6) is 0. The topological polar surface area (TPSA) is 28.2 Å². The predicted molar refractivity (Wildman–Crippen MR) is 82.9 cm³/mol. The number of aromatic nitrogens is 1. The first-order chi connectivity index (χ1) is 9.29. The summed E-state index contributed by atoms with van der Waals surface area (Å²) in [7, 11) is 0. The van der Waals surface area contributed by atoms with Gasteiger partial charge >= 0.3 is 0 Å². The van der Waals surface area contributed by atoms with Gasteiger partial charge in [0.15, 0.2) is 0 Å². The zero-order valence-electron chi connectivity index (χ0n) is 12.3. The Hall–Kier alpha value is -0.450. The third kappa shape index (κ3) is 4.86. The second-order valence-corrected chi connectivity index (χ2v) is 6.50. The molecule has 1 aromatic rings. The molecule has 0 aromatic carbocycles. The van der Waals surface area contributed by atoms with E-state index in [4.69, 9.17) is 0 Å². The molecule has 1 unspecified atom stereocenters. The Kier molecular flexibility index (Phi) is 6.28. The Morgan fingerprint density at radius 3 is 2.95 bits per heavy atom. The summed E-state index contributed by atoms with van der Waals surface area (Å²) in [6.45, 7) is 9.22. The number of hydrogen-bond donors (Lipinski definition) is 1. The lowest BCUT2D eigenvalue weighted by Gasteiger charge is -2.30. The quantitative estimate of drug-likeness (QED) is 0.833. The normalized spacial score (nSPS) is 20.1. The van der Waals surface area contributed by atoms with E-state index in [9.17, 15) is 0 Å². The largest absolute Gasteiger partial charge is 0.313 e. The predicted octanol–water partition coefficient (Wildman–Crippen LogP) is 2.85. The maximum Gasteiger partial charge on any atom is 0.0797 e. The van der Waals surface area contributed by atoms with Gasteiger partial charge in [0.25, 0.3) is 0 Å². The molecule has 0 amide bonds. The van der Waals surface area contributed by atoms with Crippen molar-refractivity contribution in [2.24, 2.45) is 0 Å². The number of nitrogens with one attached hydrogen (secondary N) is 1. The van der Waals surface area contributed by atoms with Crippen molar-refractivity contribution in [3.8, 4) is 0 Å². The molecule has 0 bridgehead atoms. The van der Waals surface area contributed by atoms with Gasteiger partial charge < -0.3 is 10.2 Å². The summed E-state index contributed by atoms with van der Waals surface area (Å²) in [5.41, 5.74) is 3.19. The summed E-state index contributed by atoms with van der Waals surface area (Å²) in [6.07, 6.45) is 6.49. The number of hydrogen-bond acceptors (Lipinski definition) is 4. The molecule has 1 aliphatic heterocycles. The molecule has 0 saturated carbocycles. The average Bonchev–Trinajstić information content (AvgIpc) is 2.83. The first-order valence-corrected chi connectivity index (χ1v) is 8.52. The molecule has 0 aliphatic carbocycles. The molecule has 0 spiro atoms. The van der Waals surface area contributed by atoms with Crippen molar-refractivity contribution in [1.29, 1.82) is 0 Å². The second-order valence-electron chi connectivity index (χ2n) is 5.56. The Morgan fingerprint density at radius 2 is 2.32 bits per heavy atom. The zero-order chi connectivity index (χ0) is 13.5. The Morgan fingerprint density at radius 1 is 1.42 bits per heavy atom. The van der Waals surface area contributed by atoms with Crippen LogP contribution in [-0.4, -0.2) is 42.1 Å². The minimum absolute atomic E-state index is 0.711. The van der Waals surface area contributed by atoms with Crippen LogP contribution in [0.4, 0.5) is 0 Å². The Bertz CT molecular complexity index is 358. The van der Waals surface area contributed by atoms with Gasteiger partial charge in [-0.3, -0.25) is 0 Å². The molecule has 108 valence electrons. The van der Waals surface area contributed by atoms with Gasteiger partial charge in [0, 0.05) is 24.0 Å². The molecule has 1 atom stereocenters. The number of rotatable bonds is 7. The van der Waals surface area contributed by atoms with Crippen molar-refractivity contribution in [2.75, 3.05) is 26.2 Å². The Balaban J connectivity index is 1.79. The van der Waals surface area contributed by atoms with Crippen LogP contribution >= 0.6 is 11.3 Å². The monoisotopic (exact) mass is 281 g/mol. The van der Waals surface area contributed by atoms with Crippen molar-refractivity contribution < 1.29 is 0 Å². The minimum atomic E-state index is 0.711. The van der Waals surface area contributed by atoms with E-state index in [-0.39, 0.29) is 0 Å². The van der Waals surface area contributed by atoms with Crippen molar-refractivity contribution in [1.82, 2.24) is 15.2 Å². The van der Waals surface area contributed by atoms with E-state index < -0.39 is 0 Å². The fraction of sp³-hybridized carbons (Fsp3) is 0.800. The van der Waals surface area contributed by atoms with E-state index in [0.29, 0.717) is 6.04 Å². The third-order valence-electron chi connectivity index (χ3n) is 3.93. The summed E-state index contributed by atoms with van der Waals surface area (Å²) in [5, 5.41) is 3.66. The van der Waals surface area contributed by atoms with E-state index in [1.165, 1.54) is 62.4 Å². The van der Waals surface area contributed by atoms with Crippen molar-refractivity contribution in [3.63, 3.8) is 0 Å². The Labute approximate surface area is 121 Å². The van der Waals surface area contributed by atoms with Gasteiger partial charge in [0.05, 0.1) is 11.2 Å². The molecule has 2 heterocycles. The fourth-order valence-electron chi connectivity index (χ4n) is 2.83. The highest BCUT2D eigenvalue weighted by Crippen LogP contribution is 2.14. The lowest BCUT2D eigenvalue weighted by molar-refractivity contribution is 0.226. The van der Waals surface area contributed by atoms with Gasteiger partial charge in [-0.2, -0.15) is 0 Å². The molecule has 1 fully saturated rings. The lowest BCUT2D eigenvalue weighted by Crippen LogP contribution is -2.44. The van der Waals surface area contributed by atoms with Gasteiger partial charge in [-0.05, 0) is 45.7 Å². The zero-order valence-corrected chi connectivity index (χ0v) is 13.1. The van der Waals surface area contributed by atoms with E-state index in [2.05, 4.69) is 29.0 Å². The van der Waals surface area contributed by atoms with Crippen LogP contribution in [0.5, 0.6) is 0 Å². The van der Waals surface area contributed by atoms with E-state index in [0.717, 1.165) is 6.42 Å². The summed E-state index contributed by atoms with van der Waals surface area (Å²) >= 11 is 1.80. The molecule has 3 nitrogen and oxygen atoms in total. The molecule has 2 rings (SSSR count).